The molecule has 1 amide bonds. The van der Waals surface area contributed by atoms with Crippen LogP contribution < -0.4 is 15.8 Å². The van der Waals surface area contributed by atoms with Gasteiger partial charge in [-0.25, -0.2) is 9.97 Å². The second-order valence-electron chi connectivity index (χ2n) is 8.66. The molecule has 8 nitrogen and oxygen atoms in total. The third-order valence-electron chi connectivity index (χ3n) is 6.24. The fourth-order valence-corrected chi connectivity index (χ4v) is 6.14. The van der Waals surface area contributed by atoms with Crippen molar-refractivity contribution in [1.29, 1.82) is 0 Å². The van der Waals surface area contributed by atoms with Crippen molar-refractivity contribution in [3.63, 3.8) is 0 Å². The van der Waals surface area contributed by atoms with E-state index in [2.05, 4.69) is 29.4 Å². The number of nitrogens with one attached hydrogen (secondary N) is 2. The lowest BCUT2D eigenvalue weighted by Gasteiger charge is -2.25. The summed E-state index contributed by atoms with van der Waals surface area (Å²) in [7, 11) is 0. The summed E-state index contributed by atoms with van der Waals surface area (Å²) in [6.45, 7) is 6.80. The lowest BCUT2D eigenvalue weighted by Crippen LogP contribution is -2.29. The molecule has 5 rings (SSSR count). The zero-order chi connectivity index (χ0) is 23.1. The molecule has 4 N–H and O–H groups in total. The van der Waals surface area contributed by atoms with Crippen molar-refractivity contribution < 1.29 is 9.53 Å². The molecule has 9 heteroatoms. The van der Waals surface area contributed by atoms with Gasteiger partial charge >= 0.3 is 0 Å². The maximum absolute atomic E-state index is 11.9. The number of aromatic amines is 1. The van der Waals surface area contributed by atoms with E-state index >= 15 is 0 Å². The molecule has 0 fully saturated rings. The highest BCUT2D eigenvalue weighted by Crippen LogP contribution is 2.46. The molecular weight excluding hydrogens is 436 g/mol. The Morgan fingerprint density at radius 1 is 1.33 bits per heavy atom. The molecular formula is C24H28N6O2S. The first-order valence-electron chi connectivity index (χ1n) is 11.5. The first-order chi connectivity index (χ1) is 16.0. The van der Waals surface area contributed by atoms with Gasteiger partial charge in [0, 0.05) is 28.7 Å². The molecule has 1 aliphatic carbocycles. The Morgan fingerprint density at radius 2 is 2.18 bits per heavy atom. The molecule has 33 heavy (non-hydrogen) atoms. The van der Waals surface area contributed by atoms with E-state index in [0.717, 1.165) is 63.5 Å². The van der Waals surface area contributed by atoms with Gasteiger partial charge in [-0.3, -0.25) is 9.89 Å². The monoisotopic (exact) mass is 464 g/mol. The lowest BCUT2D eigenvalue weighted by atomic mass is 9.80. The fourth-order valence-electron chi connectivity index (χ4n) is 4.75. The minimum Gasteiger partial charge on any atom is -0.492 e. The van der Waals surface area contributed by atoms with Crippen molar-refractivity contribution in [3.05, 3.63) is 34.6 Å². The van der Waals surface area contributed by atoms with E-state index in [1.807, 2.05) is 19.1 Å². The van der Waals surface area contributed by atoms with Crippen LogP contribution in [0.15, 0.2) is 18.3 Å². The lowest BCUT2D eigenvalue weighted by molar-refractivity contribution is -0.122. The fraction of sp³-hybridized carbons (Fsp3) is 0.417. The van der Waals surface area contributed by atoms with Crippen LogP contribution in [0.5, 0.6) is 5.75 Å². The van der Waals surface area contributed by atoms with Crippen LogP contribution in [0.3, 0.4) is 0 Å². The smallest absolute Gasteiger partial charge is 0.220 e. The zero-order valence-electron chi connectivity index (χ0n) is 19.1. The quantitative estimate of drug-likeness (QED) is 0.361. The molecule has 0 radical (unpaired) electrons. The van der Waals surface area contributed by atoms with Crippen molar-refractivity contribution >= 4 is 49.9 Å². The number of hydrogen-bond donors (Lipinski definition) is 3. The average Bonchev–Trinajstić information content (AvgIpc) is 3.38. The Hall–Kier alpha value is -3.20. The summed E-state index contributed by atoms with van der Waals surface area (Å²) in [6, 6.07) is 3.99. The molecule has 0 bridgehead atoms. The van der Waals surface area contributed by atoms with Crippen LogP contribution in [0.25, 0.3) is 21.1 Å². The maximum Gasteiger partial charge on any atom is 0.220 e. The Kier molecular flexibility index (Phi) is 5.65. The molecule has 172 valence electrons. The molecule has 0 saturated carbocycles. The molecule has 4 aromatic rings. The topological polar surface area (TPSA) is 119 Å². The van der Waals surface area contributed by atoms with Crippen molar-refractivity contribution in [2.45, 2.75) is 52.4 Å². The Morgan fingerprint density at radius 3 is 2.94 bits per heavy atom. The molecule has 3 aromatic heterocycles. The number of ether oxygens (including phenoxy) is 1. The molecule has 0 spiro atoms. The van der Waals surface area contributed by atoms with Crippen LogP contribution in [0, 0.1) is 5.92 Å². The number of amides is 1. The number of hydrogen-bond acceptors (Lipinski definition) is 7. The summed E-state index contributed by atoms with van der Waals surface area (Å²) in [4.78, 5) is 23.9. The highest BCUT2D eigenvalue weighted by Gasteiger charge is 2.32. The summed E-state index contributed by atoms with van der Waals surface area (Å²) in [5, 5.41) is 12.8. The molecule has 0 saturated heterocycles. The highest BCUT2D eigenvalue weighted by atomic mass is 32.1. The summed E-state index contributed by atoms with van der Waals surface area (Å²) in [5.41, 5.74) is 8.66. The van der Waals surface area contributed by atoms with E-state index in [0.29, 0.717) is 13.0 Å². The van der Waals surface area contributed by atoms with Crippen LogP contribution in [0.4, 0.5) is 11.5 Å². The number of aryl methyl sites for hydroxylation is 1. The number of carbonyl (C=O) groups excluding carboxylic acids is 1. The number of benzene rings is 1. The molecule has 0 aliphatic heterocycles. The standard InChI is InChI=1S/C24H28N6O2S/c1-4-6-19-28-23(27-16-8-14-11-26-30-15(14)10-17(16)32-5-2)21-20-12(3)7-13(22(25)31)9-18(20)33-24(21)29-19/h8,10-13H,4-7,9H2,1-3H3,(H2,25,31)(H,26,30)(H,27,28,29)/t12?,13-/m0/s1. The van der Waals surface area contributed by atoms with E-state index in [1.165, 1.54) is 10.4 Å². The van der Waals surface area contributed by atoms with Gasteiger partial charge in [0.05, 0.1) is 29.4 Å². The van der Waals surface area contributed by atoms with Gasteiger partial charge in [0.25, 0.3) is 0 Å². The van der Waals surface area contributed by atoms with E-state index in [4.69, 9.17) is 20.4 Å². The summed E-state index contributed by atoms with van der Waals surface area (Å²) >= 11 is 1.66. The van der Waals surface area contributed by atoms with Gasteiger partial charge in [0.15, 0.2) is 0 Å². The number of primary amides is 1. The van der Waals surface area contributed by atoms with Crippen LogP contribution in [-0.2, 0) is 17.6 Å². The van der Waals surface area contributed by atoms with Gasteiger partial charge in [-0.05, 0) is 43.7 Å². The maximum atomic E-state index is 11.9. The number of anilines is 2. The van der Waals surface area contributed by atoms with Crippen molar-refractivity contribution in [2.24, 2.45) is 11.7 Å². The SMILES string of the molecule is CCCc1nc(Nc2cc3cn[nH]c3cc2OCC)c2c3c(sc2n1)C[C@@H](C(N)=O)CC3C. The second-order valence-corrected chi connectivity index (χ2v) is 9.74. The summed E-state index contributed by atoms with van der Waals surface area (Å²) in [6.07, 6.45) is 4.97. The minimum absolute atomic E-state index is 0.131. The van der Waals surface area contributed by atoms with Crippen molar-refractivity contribution in [2.75, 3.05) is 11.9 Å². The van der Waals surface area contributed by atoms with Gasteiger partial charge in [-0.15, -0.1) is 11.3 Å². The van der Waals surface area contributed by atoms with Gasteiger partial charge in [0.2, 0.25) is 5.91 Å². The third-order valence-corrected chi connectivity index (χ3v) is 7.37. The normalized spacial score (nSPS) is 17.9. The number of thiophene rings is 1. The molecule has 1 unspecified atom stereocenters. The zero-order valence-corrected chi connectivity index (χ0v) is 19.9. The second kappa shape index (κ2) is 8.62. The van der Waals surface area contributed by atoms with Gasteiger partial charge in [0.1, 0.15) is 22.2 Å². The number of carbonyl (C=O) groups is 1. The van der Waals surface area contributed by atoms with Crippen LogP contribution >= 0.6 is 11.3 Å². The Balaban J connectivity index is 1.67. The van der Waals surface area contributed by atoms with E-state index in [-0.39, 0.29) is 17.7 Å². The van der Waals surface area contributed by atoms with Crippen LogP contribution in [0.1, 0.15) is 55.8 Å². The first kappa shape index (κ1) is 21.6. The summed E-state index contributed by atoms with van der Waals surface area (Å²) in [5.74, 6) is 2.18. The minimum atomic E-state index is -0.226. The number of nitrogens with two attached hydrogens (primary N) is 1. The molecule has 2 atom stereocenters. The van der Waals surface area contributed by atoms with Gasteiger partial charge < -0.3 is 15.8 Å². The molecule has 1 aliphatic rings. The number of fused-ring (bicyclic) bond motifs is 4. The predicted molar refractivity (Wildman–Crippen MR) is 131 cm³/mol. The van der Waals surface area contributed by atoms with Crippen molar-refractivity contribution in [1.82, 2.24) is 20.2 Å². The van der Waals surface area contributed by atoms with Crippen LogP contribution in [-0.4, -0.2) is 32.7 Å². The highest BCUT2D eigenvalue weighted by molar-refractivity contribution is 7.19. The average molecular weight is 465 g/mol. The Bertz CT molecular complexity index is 1340. The van der Waals surface area contributed by atoms with Crippen LogP contribution in [0.2, 0.25) is 0 Å². The van der Waals surface area contributed by atoms with E-state index in [1.54, 1.807) is 17.5 Å². The number of aromatic nitrogens is 4. The third kappa shape index (κ3) is 3.90. The van der Waals surface area contributed by atoms with E-state index < -0.39 is 0 Å². The van der Waals surface area contributed by atoms with Gasteiger partial charge in [-0.2, -0.15) is 5.10 Å². The molecule has 1 aromatic carbocycles. The van der Waals surface area contributed by atoms with Crippen molar-refractivity contribution in [3.8, 4) is 5.75 Å². The first-order valence-corrected chi connectivity index (χ1v) is 12.3. The van der Waals surface area contributed by atoms with E-state index in [9.17, 15) is 4.79 Å². The van der Waals surface area contributed by atoms with Gasteiger partial charge in [-0.1, -0.05) is 13.8 Å². The Labute approximate surface area is 196 Å². The predicted octanol–water partition coefficient (Wildman–Crippen LogP) is 4.81. The summed E-state index contributed by atoms with van der Waals surface area (Å²) < 4.78 is 5.93. The number of nitrogens with zero attached hydrogens (tertiary/aromatic N) is 3. The number of rotatable bonds is 7. The largest absolute Gasteiger partial charge is 0.492 e. The number of H-pyrrole nitrogens is 1. The molecule has 3 heterocycles.